The third-order valence-corrected chi connectivity index (χ3v) is 4.19. The van der Waals surface area contributed by atoms with Crippen molar-refractivity contribution in [1.82, 2.24) is 0 Å². The minimum atomic E-state index is 0.406. The van der Waals surface area contributed by atoms with E-state index >= 15 is 0 Å². The van der Waals surface area contributed by atoms with E-state index in [9.17, 15) is 5.26 Å². The molecule has 0 saturated carbocycles. The molecular weight excluding hydrogens is 353 g/mol. The molecule has 0 saturated heterocycles. The molecule has 1 nitrogen and oxygen atoms in total. The van der Waals surface area contributed by atoms with Gasteiger partial charge in [-0.3, -0.25) is 0 Å². The van der Waals surface area contributed by atoms with Crippen LogP contribution in [-0.4, -0.2) is 0 Å². The van der Waals surface area contributed by atoms with Crippen molar-refractivity contribution < 1.29 is 0 Å². The summed E-state index contributed by atoms with van der Waals surface area (Å²) < 4.78 is 0.826. The van der Waals surface area contributed by atoms with E-state index in [1.54, 1.807) is 12.1 Å². The van der Waals surface area contributed by atoms with Gasteiger partial charge in [0.15, 0.2) is 0 Å². The lowest BCUT2D eigenvalue weighted by molar-refractivity contribution is 1.53. The maximum Gasteiger partial charge on any atom is 0.102 e. The topological polar surface area (TPSA) is 23.8 Å². The molecule has 18 heavy (non-hydrogen) atoms. The zero-order valence-electron chi connectivity index (χ0n) is 8.95. The maximum absolute atomic E-state index is 9.24. The summed E-state index contributed by atoms with van der Waals surface area (Å²) in [6.45, 7) is 0. The van der Waals surface area contributed by atoms with Gasteiger partial charge in [-0.2, -0.15) is 5.26 Å². The van der Waals surface area contributed by atoms with Crippen LogP contribution in [0.4, 0.5) is 0 Å². The molecule has 2 aromatic rings. The number of nitrogens with zero attached hydrogens (tertiary/aromatic N) is 1. The largest absolute Gasteiger partial charge is 0.192 e. The molecule has 0 bridgehead atoms. The third kappa shape index (κ3) is 2.96. The first-order valence-corrected chi connectivity index (χ1v) is 7.35. The molecule has 0 amide bonds. The normalized spacial score (nSPS) is 11.9. The minimum Gasteiger partial charge on any atom is -0.192 e. The SMILES string of the molecule is N#C/C(=C(/Cl)c1cc(Cl)cc(Br)c1)c1cccs1. The number of hydrogen-bond donors (Lipinski definition) is 0. The Morgan fingerprint density at radius 1 is 1.33 bits per heavy atom. The van der Waals surface area contributed by atoms with Gasteiger partial charge in [-0.15, -0.1) is 11.3 Å². The van der Waals surface area contributed by atoms with Gasteiger partial charge >= 0.3 is 0 Å². The predicted octanol–water partition coefficient (Wildman–Crippen LogP) is 5.79. The highest BCUT2D eigenvalue weighted by atomic mass is 79.9. The van der Waals surface area contributed by atoms with Crippen molar-refractivity contribution in [3.8, 4) is 6.07 Å². The summed E-state index contributed by atoms with van der Waals surface area (Å²) in [7, 11) is 0. The Morgan fingerprint density at radius 2 is 2.11 bits per heavy atom. The van der Waals surface area contributed by atoms with E-state index in [2.05, 4.69) is 22.0 Å². The lowest BCUT2D eigenvalue weighted by Gasteiger charge is -2.04. The molecule has 0 radical (unpaired) electrons. The number of benzene rings is 1. The second-order valence-corrected chi connectivity index (χ2v) is 6.11. The smallest absolute Gasteiger partial charge is 0.102 e. The summed E-state index contributed by atoms with van der Waals surface area (Å²) in [5, 5.41) is 12.1. The Labute approximate surface area is 127 Å². The monoisotopic (exact) mass is 357 g/mol. The minimum absolute atomic E-state index is 0.406. The first-order valence-electron chi connectivity index (χ1n) is 4.92. The summed E-state index contributed by atoms with van der Waals surface area (Å²) in [4.78, 5) is 0.846. The number of nitriles is 1. The maximum atomic E-state index is 9.24. The first kappa shape index (κ1) is 13.6. The fourth-order valence-corrected chi connectivity index (χ4v) is 3.35. The Morgan fingerprint density at radius 3 is 2.67 bits per heavy atom. The van der Waals surface area contributed by atoms with E-state index < -0.39 is 0 Å². The van der Waals surface area contributed by atoms with Crippen LogP contribution in [0.25, 0.3) is 10.6 Å². The van der Waals surface area contributed by atoms with Crippen LogP contribution in [0.1, 0.15) is 10.4 Å². The van der Waals surface area contributed by atoms with E-state index in [1.807, 2.05) is 23.6 Å². The van der Waals surface area contributed by atoms with Gasteiger partial charge in [0.25, 0.3) is 0 Å². The third-order valence-electron chi connectivity index (χ3n) is 2.21. The molecule has 5 heteroatoms. The van der Waals surface area contributed by atoms with Crippen molar-refractivity contribution in [1.29, 1.82) is 5.26 Å². The number of thiophene rings is 1. The molecule has 90 valence electrons. The van der Waals surface area contributed by atoms with E-state index in [0.717, 1.165) is 14.9 Å². The zero-order valence-corrected chi connectivity index (χ0v) is 12.9. The predicted molar refractivity (Wildman–Crippen MR) is 81.8 cm³/mol. The van der Waals surface area contributed by atoms with Crippen molar-refractivity contribution in [3.05, 3.63) is 55.6 Å². The molecule has 1 heterocycles. The molecule has 0 fully saturated rings. The highest BCUT2D eigenvalue weighted by Gasteiger charge is 2.11. The molecule has 0 aliphatic heterocycles. The quantitative estimate of drug-likeness (QED) is 0.623. The van der Waals surface area contributed by atoms with Gasteiger partial charge < -0.3 is 0 Å². The van der Waals surface area contributed by atoms with Crippen molar-refractivity contribution in [2.75, 3.05) is 0 Å². The number of halogens is 3. The molecule has 1 aromatic heterocycles. The van der Waals surface area contributed by atoms with Crippen molar-refractivity contribution in [2.45, 2.75) is 0 Å². The van der Waals surface area contributed by atoms with Crippen LogP contribution >= 0.6 is 50.5 Å². The van der Waals surface area contributed by atoms with E-state index in [1.165, 1.54) is 11.3 Å². The lowest BCUT2D eigenvalue weighted by atomic mass is 10.1. The van der Waals surface area contributed by atoms with Crippen LogP contribution in [0.15, 0.2) is 40.2 Å². The van der Waals surface area contributed by atoms with Crippen LogP contribution in [0.5, 0.6) is 0 Å². The van der Waals surface area contributed by atoms with Crippen molar-refractivity contribution in [3.63, 3.8) is 0 Å². The van der Waals surface area contributed by atoms with E-state index in [4.69, 9.17) is 23.2 Å². The molecule has 1 aromatic carbocycles. The molecular formula is C13H6BrCl2NS. The fourth-order valence-electron chi connectivity index (χ4n) is 1.46. The van der Waals surface area contributed by atoms with Crippen LogP contribution in [-0.2, 0) is 0 Å². The summed E-state index contributed by atoms with van der Waals surface area (Å²) in [6.07, 6.45) is 0. The fraction of sp³-hybridized carbons (Fsp3) is 0. The summed E-state index contributed by atoms with van der Waals surface area (Å²) in [5.41, 5.74) is 1.18. The molecule has 2 rings (SSSR count). The van der Waals surface area contributed by atoms with E-state index in [-0.39, 0.29) is 0 Å². The van der Waals surface area contributed by atoms with Gasteiger partial charge in [-0.25, -0.2) is 0 Å². The van der Waals surface area contributed by atoms with Crippen molar-refractivity contribution >= 4 is 61.1 Å². The second kappa shape index (κ2) is 5.90. The van der Waals surface area contributed by atoms with Crippen LogP contribution < -0.4 is 0 Å². The highest BCUT2D eigenvalue weighted by Crippen LogP contribution is 2.34. The molecule has 0 atom stereocenters. The molecule has 0 aliphatic carbocycles. The second-order valence-electron chi connectivity index (χ2n) is 3.44. The zero-order chi connectivity index (χ0) is 13.1. The van der Waals surface area contributed by atoms with Crippen LogP contribution in [0, 0.1) is 11.3 Å². The highest BCUT2D eigenvalue weighted by molar-refractivity contribution is 9.10. The van der Waals surface area contributed by atoms with Gasteiger partial charge in [0, 0.05) is 14.4 Å². The van der Waals surface area contributed by atoms with Crippen LogP contribution in [0.2, 0.25) is 5.02 Å². The van der Waals surface area contributed by atoms with Gasteiger partial charge in [0.05, 0.1) is 10.6 Å². The average Bonchev–Trinajstić information content (AvgIpc) is 2.82. The molecule has 0 spiro atoms. The number of allylic oxidation sites excluding steroid dienone is 1. The summed E-state index contributed by atoms with van der Waals surface area (Å²) >= 11 is 17.1. The van der Waals surface area contributed by atoms with Crippen molar-refractivity contribution in [2.24, 2.45) is 0 Å². The Bertz CT molecular complexity index is 621. The summed E-state index contributed by atoms with van der Waals surface area (Å²) in [5.74, 6) is 0. The van der Waals surface area contributed by atoms with Gasteiger partial charge in [-0.05, 0) is 35.2 Å². The number of rotatable bonds is 2. The van der Waals surface area contributed by atoms with E-state index in [0.29, 0.717) is 15.6 Å². The Balaban J connectivity index is 2.58. The van der Waals surface area contributed by atoms with Gasteiger partial charge in [0.1, 0.15) is 6.07 Å². The first-order chi connectivity index (χ1) is 8.61. The Hall–Kier alpha value is -0.790. The molecule has 0 aliphatic rings. The standard InChI is InChI=1S/C13H6BrCl2NS/c14-9-4-8(5-10(15)6-9)13(16)11(7-17)12-2-1-3-18-12/h1-6H/b13-11-. The Kier molecular flexibility index (Phi) is 4.47. The lowest BCUT2D eigenvalue weighted by Crippen LogP contribution is -1.84. The molecule has 0 unspecified atom stereocenters. The number of hydrogen-bond acceptors (Lipinski definition) is 2. The van der Waals surface area contributed by atoms with Crippen LogP contribution in [0.3, 0.4) is 0 Å². The van der Waals surface area contributed by atoms with Gasteiger partial charge in [-0.1, -0.05) is 45.2 Å². The molecule has 0 N–H and O–H groups in total. The summed E-state index contributed by atoms with van der Waals surface area (Å²) in [6, 6.07) is 11.2. The van der Waals surface area contributed by atoms with Gasteiger partial charge in [0.2, 0.25) is 0 Å². The average molecular weight is 359 g/mol.